The van der Waals surface area contributed by atoms with Gasteiger partial charge in [-0.2, -0.15) is 13.2 Å². The van der Waals surface area contributed by atoms with Gasteiger partial charge >= 0.3 is 6.18 Å². The van der Waals surface area contributed by atoms with Crippen LogP contribution in [0.5, 0.6) is 0 Å². The molecular formula is C21H16F4O2S. The monoisotopic (exact) mass is 408 g/mol. The van der Waals surface area contributed by atoms with E-state index in [1.54, 1.807) is 13.0 Å². The van der Waals surface area contributed by atoms with Gasteiger partial charge in [0.2, 0.25) is 0 Å². The van der Waals surface area contributed by atoms with E-state index in [0.717, 1.165) is 18.4 Å². The molecule has 0 amide bonds. The maximum atomic E-state index is 14.0. The van der Waals surface area contributed by atoms with Gasteiger partial charge in [0.15, 0.2) is 9.84 Å². The van der Waals surface area contributed by atoms with Crippen molar-refractivity contribution in [3.63, 3.8) is 0 Å². The number of sulfone groups is 1. The normalized spacial score (nSPS) is 12.2. The van der Waals surface area contributed by atoms with Gasteiger partial charge in [0.05, 0.1) is 10.5 Å². The van der Waals surface area contributed by atoms with Crippen LogP contribution in [-0.2, 0) is 16.0 Å². The highest BCUT2D eigenvalue weighted by Gasteiger charge is 2.31. The lowest BCUT2D eigenvalue weighted by Crippen LogP contribution is -2.05. The van der Waals surface area contributed by atoms with E-state index in [9.17, 15) is 26.0 Å². The van der Waals surface area contributed by atoms with Crippen LogP contribution in [-0.4, -0.2) is 14.7 Å². The molecule has 0 unspecified atom stereocenters. The van der Waals surface area contributed by atoms with E-state index in [2.05, 4.69) is 0 Å². The van der Waals surface area contributed by atoms with Crippen LogP contribution in [0.1, 0.15) is 11.1 Å². The number of aryl methyl sites for hydroxylation is 1. The Morgan fingerprint density at radius 3 is 1.93 bits per heavy atom. The first-order valence-corrected chi connectivity index (χ1v) is 10.1. The fourth-order valence-corrected chi connectivity index (χ4v) is 3.48. The third kappa shape index (κ3) is 4.09. The third-order valence-electron chi connectivity index (χ3n) is 4.42. The quantitative estimate of drug-likeness (QED) is 0.507. The molecule has 0 heterocycles. The molecule has 28 heavy (non-hydrogen) atoms. The van der Waals surface area contributed by atoms with Gasteiger partial charge in [0.1, 0.15) is 5.82 Å². The van der Waals surface area contributed by atoms with Crippen molar-refractivity contribution in [3.8, 4) is 22.3 Å². The predicted molar refractivity (Wildman–Crippen MR) is 100 cm³/mol. The molecule has 0 atom stereocenters. The van der Waals surface area contributed by atoms with Crippen LogP contribution in [0.25, 0.3) is 22.3 Å². The Balaban J connectivity index is 2.21. The molecule has 3 aromatic carbocycles. The molecule has 0 aliphatic rings. The van der Waals surface area contributed by atoms with Gasteiger partial charge in [-0.3, -0.25) is 0 Å². The lowest BCUT2D eigenvalue weighted by Gasteiger charge is -2.15. The first kappa shape index (κ1) is 20.1. The number of hydrogen-bond acceptors (Lipinski definition) is 2. The summed E-state index contributed by atoms with van der Waals surface area (Å²) in [6.45, 7) is 1.57. The zero-order valence-corrected chi connectivity index (χ0v) is 15.8. The fourth-order valence-electron chi connectivity index (χ4n) is 2.85. The van der Waals surface area contributed by atoms with E-state index in [0.29, 0.717) is 22.3 Å². The second kappa shape index (κ2) is 7.05. The Labute approximate surface area is 160 Å². The summed E-state index contributed by atoms with van der Waals surface area (Å²) in [6.07, 6.45) is -3.47. The number of rotatable bonds is 3. The Morgan fingerprint density at radius 1 is 0.786 bits per heavy atom. The summed E-state index contributed by atoms with van der Waals surface area (Å²) in [6, 6.07) is 13.3. The van der Waals surface area contributed by atoms with E-state index < -0.39 is 27.4 Å². The summed E-state index contributed by atoms with van der Waals surface area (Å²) in [5.74, 6) is -0.520. The van der Waals surface area contributed by atoms with E-state index >= 15 is 0 Å². The molecule has 2 nitrogen and oxygen atoms in total. The Kier molecular flexibility index (Phi) is 5.06. The lowest BCUT2D eigenvalue weighted by atomic mass is 9.92. The molecule has 146 valence electrons. The molecule has 3 aromatic rings. The third-order valence-corrected chi connectivity index (χ3v) is 5.55. The molecule has 0 N–H and O–H groups in total. The van der Waals surface area contributed by atoms with Crippen molar-refractivity contribution in [2.24, 2.45) is 0 Å². The van der Waals surface area contributed by atoms with Gasteiger partial charge in [0.25, 0.3) is 0 Å². The largest absolute Gasteiger partial charge is 0.416 e. The predicted octanol–water partition coefficient (Wildman–Crippen LogP) is 5.89. The van der Waals surface area contributed by atoms with E-state index in [1.807, 2.05) is 0 Å². The summed E-state index contributed by atoms with van der Waals surface area (Å²) in [7, 11) is -3.40. The highest BCUT2D eigenvalue weighted by atomic mass is 32.2. The highest BCUT2D eigenvalue weighted by Crippen LogP contribution is 2.38. The molecule has 0 spiro atoms. The van der Waals surface area contributed by atoms with Crippen molar-refractivity contribution in [3.05, 3.63) is 77.6 Å². The molecular weight excluding hydrogens is 392 g/mol. The number of halogens is 4. The molecule has 7 heteroatoms. The lowest BCUT2D eigenvalue weighted by molar-refractivity contribution is -0.137. The average molecular weight is 408 g/mol. The van der Waals surface area contributed by atoms with Crippen LogP contribution in [0, 0.1) is 12.7 Å². The molecule has 0 saturated carbocycles. The zero-order valence-electron chi connectivity index (χ0n) is 15.0. The standard InChI is InChI=1S/C21H16F4O2S/c1-13-3-4-15(11-20(13)22)19-12-16(21(23,24)25)7-10-18(19)14-5-8-17(9-6-14)28(2,26)27/h3-12H,1-2H3. The topological polar surface area (TPSA) is 34.1 Å². The SMILES string of the molecule is Cc1ccc(-c2cc(C(F)(F)F)ccc2-c2ccc(S(C)(=O)=O)cc2)cc1F. The van der Waals surface area contributed by atoms with Crippen molar-refractivity contribution in [1.29, 1.82) is 0 Å². The van der Waals surface area contributed by atoms with Crippen molar-refractivity contribution in [2.75, 3.05) is 6.26 Å². The van der Waals surface area contributed by atoms with Crippen LogP contribution >= 0.6 is 0 Å². The van der Waals surface area contributed by atoms with Gasteiger partial charge in [-0.05, 0) is 65.1 Å². The number of hydrogen-bond donors (Lipinski definition) is 0. The molecule has 0 fully saturated rings. The van der Waals surface area contributed by atoms with Crippen molar-refractivity contribution in [1.82, 2.24) is 0 Å². The van der Waals surface area contributed by atoms with E-state index in [4.69, 9.17) is 0 Å². The summed E-state index contributed by atoms with van der Waals surface area (Å²) in [5.41, 5.74) is 1.01. The Bertz CT molecular complexity index is 1130. The molecule has 0 aliphatic heterocycles. The van der Waals surface area contributed by atoms with Gasteiger partial charge in [0, 0.05) is 6.26 Å². The molecule has 0 saturated heterocycles. The average Bonchev–Trinajstić information content (AvgIpc) is 2.62. The maximum absolute atomic E-state index is 14.0. The summed E-state index contributed by atoms with van der Waals surface area (Å²) in [4.78, 5) is 0.103. The highest BCUT2D eigenvalue weighted by molar-refractivity contribution is 7.90. The van der Waals surface area contributed by atoms with Crippen LogP contribution in [0.4, 0.5) is 17.6 Å². The molecule has 3 rings (SSSR count). The first-order chi connectivity index (χ1) is 13.0. The summed E-state index contributed by atoms with van der Waals surface area (Å²) < 4.78 is 76.9. The Hall–Kier alpha value is -2.67. The minimum Gasteiger partial charge on any atom is -0.224 e. The van der Waals surface area contributed by atoms with Gasteiger partial charge in [-0.25, -0.2) is 12.8 Å². The van der Waals surface area contributed by atoms with E-state index in [-0.39, 0.29) is 10.5 Å². The number of alkyl halides is 3. The van der Waals surface area contributed by atoms with Crippen LogP contribution in [0.3, 0.4) is 0 Å². The zero-order chi connectivity index (χ0) is 20.7. The minimum atomic E-state index is -4.54. The molecule has 0 aliphatic carbocycles. The van der Waals surface area contributed by atoms with Crippen LogP contribution in [0.15, 0.2) is 65.6 Å². The summed E-state index contributed by atoms with van der Waals surface area (Å²) in [5, 5.41) is 0. The van der Waals surface area contributed by atoms with Crippen molar-refractivity contribution < 1.29 is 26.0 Å². The van der Waals surface area contributed by atoms with Crippen LogP contribution in [0.2, 0.25) is 0 Å². The minimum absolute atomic E-state index is 0.103. The Morgan fingerprint density at radius 2 is 1.39 bits per heavy atom. The fraction of sp³-hybridized carbons (Fsp3) is 0.143. The van der Waals surface area contributed by atoms with Crippen LogP contribution < -0.4 is 0 Å². The first-order valence-electron chi connectivity index (χ1n) is 8.25. The van der Waals surface area contributed by atoms with Crippen molar-refractivity contribution >= 4 is 9.84 Å². The second-order valence-electron chi connectivity index (χ2n) is 6.52. The van der Waals surface area contributed by atoms with Gasteiger partial charge in [-0.15, -0.1) is 0 Å². The van der Waals surface area contributed by atoms with Gasteiger partial charge in [-0.1, -0.05) is 30.3 Å². The second-order valence-corrected chi connectivity index (χ2v) is 8.53. The smallest absolute Gasteiger partial charge is 0.224 e. The van der Waals surface area contributed by atoms with Gasteiger partial charge < -0.3 is 0 Å². The van der Waals surface area contributed by atoms with Crippen molar-refractivity contribution in [2.45, 2.75) is 18.0 Å². The summed E-state index contributed by atoms with van der Waals surface area (Å²) >= 11 is 0. The molecule has 0 bridgehead atoms. The maximum Gasteiger partial charge on any atom is 0.416 e. The van der Waals surface area contributed by atoms with E-state index in [1.165, 1.54) is 42.5 Å². The number of benzene rings is 3. The molecule has 0 radical (unpaired) electrons. The molecule has 0 aromatic heterocycles.